The number of nitrogens with zero attached hydrogens (tertiary/aromatic N) is 3. The first-order valence-electron chi connectivity index (χ1n) is 7.01. The van der Waals surface area contributed by atoms with Gasteiger partial charge in [-0.25, -0.2) is 4.79 Å². The van der Waals surface area contributed by atoms with Crippen LogP contribution in [0.25, 0.3) is 0 Å². The Morgan fingerprint density at radius 2 is 2.24 bits per heavy atom. The Balaban J connectivity index is 2.11. The molecular formula is C16H14N4O4S. The molecule has 0 saturated carbocycles. The van der Waals surface area contributed by atoms with E-state index >= 15 is 0 Å². The van der Waals surface area contributed by atoms with Gasteiger partial charge in [-0.15, -0.1) is 5.10 Å². The van der Waals surface area contributed by atoms with Gasteiger partial charge in [0, 0.05) is 11.6 Å². The van der Waals surface area contributed by atoms with E-state index in [0.717, 1.165) is 29.0 Å². The molecule has 0 atom stereocenters. The molecule has 0 bridgehead atoms. The molecular weight excluding hydrogens is 344 g/mol. The van der Waals surface area contributed by atoms with Crippen LogP contribution in [0.1, 0.15) is 11.1 Å². The maximum Gasteiger partial charge on any atom is 0.331 e. The number of thioether (sulfide) groups is 1. The van der Waals surface area contributed by atoms with Crippen LogP contribution in [0.4, 0.5) is 0 Å². The summed E-state index contributed by atoms with van der Waals surface area (Å²) in [5.74, 6) is -0.433. The lowest BCUT2D eigenvalue weighted by atomic mass is 10.1. The van der Waals surface area contributed by atoms with Crippen LogP contribution >= 0.6 is 11.8 Å². The molecule has 0 aromatic heterocycles. The van der Waals surface area contributed by atoms with Crippen LogP contribution < -0.4 is 10.1 Å². The van der Waals surface area contributed by atoms with Crippen LogP contribution in [0.5, 0.6) is 5.75 Å². The molecule has 25 heavy (non-hydrogen) atoms. The molecule has 0 aliphatic carbocycles. The van der Waals surface area contributed by atoms with Crippen molar-refractivity contribution >= 4 is 35.0 Å². The number of benzene rings is 1. The van der Waals surface area contributed by atoms with E-state index in [1.54, 1.807) is 18.2 Å². The first-order valence-corrected chi connectivity index (χ1v) is 7.82. The van der Waals surface area contributed by atoms with Gasteiger partial charge in [0.25, 0.3) is 5.91 Å². The summed E-state index contributed by atoms with van der Waals surface area (Å²) in [6.07, 6.45) is 2.79. The molecule has 1 N–H and O–H groups in total. The van der Waals surface area contributed by atoms with E-state index in [2.05, 4.69) is 26.3 Å². The Morgan fingerprint density at radius 3 is 2.92 bits per heavy atom. The summed E-state index contributed by atoms with van der Waals surface area (Å²) in [5.41, 5.74) is 1.48. The number of hydrogen-bond acceptors (Lipinski definition) is 8. The van der Waals surface area contributed by atoms with Gasteiger partial charge >= 0.3 is 5.97 Å². The highest BCUT2D eigenvalue weighted by Crippen LogP contribution is 2.23. The van der Waals surface area contributed by atoms with E-state index in [4.69, 9.17) is 10.00 Å². The molecule has 0 radical (unpaired) electrons. The second-order valence-electron chi connectivity index (χ2n) is 4.64. The number of amidine groups is 1. The lowest BCUT2D eigenvalue weighted by Crippen LogP contribution is -2.19. The summed E-state index contributed by atoms with van der Waals surface area (Å²) in [4.78, 5) is 23.0. The van der Waals surface area contributed by atoms with E-state index in [1.807, 2.05) is 0 Å². The number of hydrogen-bond donors (Lipinski definition) is 1. The van der Waals surface area contributed by atoms with Gasteiger partial charge in [0.1, 0.15) is 5.75 Å². The average molecular weight is 358 g/mol. The van der Waals surface area contributed by atoms with Crippen molar-refractivity contribution in [1.82, 2.24) is 5.32 Å². The highest BCUT2D eigenvalue weighted by atomic mass is 32.2. The van der Waals surface area contributed by atoms with Crippen LogP contribution in [0.15, 0.2) is 39.4 Å². The van der Waals surface area contributed by atoms with Gasteiger partial charge in [-0.2, -0.15) is 10.4 Å². The van der Waals surface area contributed by atoms with Crippen molar-refractivity contribution in [3.63, 3.8) is 0 Å². The highest BCUT2D eigenvalue weighted by molar-refractivity contribution is 8.18. The topological polar surface area (TPSA) is 113 Å². The van der Waals surface area contributed by atoms with Gasteiger partial charge in [-0.3, -0.25) is 10.1 Å². The van der Waals surface area contributed by atoms with Gasteiger partial charge in [0.2, 0.25) is 0 Å². The average Bonchev–Trinajstić information content (AvgIpc) is 2.95. The predicted molar refractivity (Wildman–Crippen MR) is 93.2 cm³/mol. The van der Waals surface area contributed by atoms with Crippen molar-refractivity contribution < 1.29 is 19.1 Å². The molecule has 0 unspecified atom stereocenters. The summed E-state index contributed by atoms with van der Waals surface area (Å²) < 4.78 is 9.66. The van der Waals surface area contributed by atoms with Crippen LogP contribution in [-0.2, 0) is 20.7 Å². The summed E-state index contributed by atoms with van der Waals surface area (Å²) in [6, 6.07) is 7.35. The van der Waals surface area contributed by atoms with Gasteiger partial charge in [-0.1, -0.05) is 0 Å². The molecule has 1 aliphatic rings. The predicted octanol–water partition coefficient (Wildman–Crippen LogP) is 1.37. The van der Waals surface area contributed by atoms with Crippen molar-refractivity contribution in [1.29, 1.82) is 5.26 Å². The number of methoxy groups -OCH3 is 2. The summed E-state index contributed by atoms with van der Waals surface area (Å²) >= 11 is 0.988. The van der Waals surface area contributed by atoms with Crippen LogP contribution in [-0.4, -0.2) is 37.5 Å². The Bertz CT molecular complexity index is 824. The number of carbonyl (C=O) groups is 2. The standard InChI is InChI=1S/C16H14N4O4S/c1-23-12-4-3-10(7-11(12)5-6-17)9-18-20-16-19-15(22)13(25-16)8-14(21)24-2/h3-4,7-9H,5H2,1-2H3,(H,19,20,22)/b13-8+,18-9?. The highest BCUT2D eigenvalue weighted by Gasteiger charge is 2.24. The number of ether oxygens (including phenoxy) is 2. The number of nitrogens with one attached hydrogen (secondary N) is 1. The van der Waals surface area contributed by atoms with E-state index in [-0.39, 0.29) is 16.5 Å². The minimum Gasteiger partial charge on any atom is -0.496 e. The molecule has 1 aromatic carbocycles. The van der Waals surface area contributed by atoms with E-state index in [9.17, 15) is 9.59 Å². The molecule has 1 aromatic rings. The SMILES string of the molecule is COC(=O)/C=C1/S/C(=N\N=Cc2ccc(OC)c(CC#N)c2)NC1=O. The fourth-order valence-electron chi connectivity index (χ4n) is 1.89. The lowest BCUT2D eigenvalue weighted by Gasteiger charge is -2.05. The van der Waals surface area contributed by atoms with Crippen LogP contribution in [0.3, 0.4) is 0 Å². The second-order valence-corrected chi connectivity index (χ2v) is 5.67. The maximum atomic E-state index is 11.7. The van der Waals surface area contributed by atoms with Gasteiger partial charge in [0.05, 0.1) is 37.8 Å². The summed E-state index contributed by atoms with van der Waals surface area (Å²) in [6.45, 7) is 0. The smallest absolute Gasteiger partial charge is 0.331 e. The molecule has 2 rings (SSSR count). The van der Waals surface area contributed by atoms with Crippen molar-refractivity contribution in [3.05, 3.63) is 40.3 Å². The normalized spacial score (nSPS) is 16.9. The quantitative estimate of drug-likeness (QED) is 0.368. The minimum absolute atomic E-state index is 0.182. The molecule has 128 valence electrons. The van der Waals surface area contributed by atoms with Crippen molar-refractivity contribution in [3.8, 4) is 11.8 Å². The number of esters is 1. The Morgan fingerprint density at radius 1 is 1.44 bits per heavy atom. The Hall–Kier alpha value is -3.12. The monoisotopic (exact) mass is 358 g/mol. The molecule has 1 saturated heterocycles. The fraction of sp³-hybridized carbons (Fsp3) is 0.188. The molecule has 1 fully saturated rings. The molecule has 1 heterocycles. The molecule has 1 amide bonds. The number of rotatable bonds is 5. The van der Waals surface area contributed by atoms with Crippen molar-refractivity contribution in [2.75, 3.05) is 14.2 Å². The zero-order valence-electron chi connectivity index (χ0n) is 13.5. The summed E-state index contributed by atoms with van der Waals surface area (Å²) in [5, 5.41) is 19.4. The third kappa shape index (κ3) is 4.92. The molecule has 1 aliphatic heterocycles. The van der Waals surface area contributed by atoms with Crippen molar-refractivity contribution in [2.24, 2.45) is 10.2 Å². The Labute approximate surface area is 148 Å². The first kappa shape index (κ1) is 18.2. The maximum absolute atomic E-state index is 11.7. The summed E-state index contributed by atoms with van der Waals surface area (Å²) in [7, 11) is 2.76. The fourth-order valence-corrected chi connectivity index (χ4v) is 2.63. The van der Waals surface area contributed by atoms with Gasteiger partial charge < -0.3 is 9.47 Å². The largest absolute Gasteiger partial charge is 0.496 e. The number of nitriles is 1. The Kier molecular flexibility index (Phi) is 6.31. The van der Waals surface area contributed by atoms with E-state index < -0.39 is 11.9 Å². The molecule has 9 heteroatoms. The second kappa shape index (κ2) is 8.65. The van der Waals surface area contributed by atoms with E-state index in [1.165, 1.54) is 20.4 Å². The van der Waals surface area contributed by atoms with Crippen molar-refractivity contribution in [2.45, 2.75) is 6.42 Å². The first-order chi connectivity index (χ1) is 12.1. The van der Waals surface area contributed by atoms with Crippen LogP contribution in [0, 0.1) is 11.3 Å². The number of amides is 1. The minimum atomic E-state index is -0.620. The zero-order valence-corrected chi connectivity index (χ0v) is 14.3. The van der Waals surface area contributed by atoms with Crippen LogP contribution in [0.2, 0.25) is 0 Å². The number of carbonyl (C=O) groups excluding carboxylic acids is 2. The van der Waals surface area contributed by atoms with E-state index in [0.29, 0.717) is 5.75 Å². The zero-order chi connectivity index (χ0) is 18.2. The van der Waals surface area contributed by atoms with Gasteiger partial charge in [-0.05, 0) is 35.5 Å². The third-order valence-corrected chi connectivity index (χ3v) is 3.93. The van der Waals surface area contributed by atoms with Gasteiger partial charge in [0.15, 0.2) is 5.17 Å². The molecule has 8 nitrogen and oxygen atoms in total. The molecule has 0 spiro atoms. The third-order valence-electron chi connectivity index (χ3n) is 3.03. The lowest BCUT2D eigenvalue weighted by molar-refractivity contribution is -0.135.